The van der Waals surface area contributed by atoms with Crippen LogP contribution in [0.4, 0.5) is 10.1 Å². The van der Waals surface area contributed by atoms with Gasteiger partial charge in [0.25, 0.3) is 0 Å². The fourth-order valence-corrected chi connectivity index (χ4v) is 3.86. The first-order valence-electron chi connectivity index (χ1n) is 9.06. The number of halogens is 1. The maximum absolute atomic E-state index is 14.1. The van der Waals surface area contributed by atoms with Crippen molar-refractivity contribution in [2.24, 2.45) is 17.3 Å². The van der Waals surface area contributed by atoms with Gasteiger partial charge < -0.3 is 9.80 Å². The van der Waals surface area contributed by atoms with E-state index in [4.69, 9.17) is 0 Å². The number of likely N-dealkylation sites (tertiary alicyclic amines) is 1. The average Bonchev–Trinajstić information content (AvgIpc) is 2.42. The fourth-order valence-electron chi connectivity index (χ4n) is 3.86. The summed E-state index contributed by atoms with van der Waals surface area (Å²) < 4.78 is 14.1. The zero-order valence-corrected chi connectivity index (χ0v) is 15.1. The molecule has 3 heteroatoms. The Morgan fingerprint density at radius 2 is 1.78 bits per heavy atom. The first-order valence-corrected chi connectivity index (χ1v) is 9.06. The van der Waals surface area contributed by atoms with Crippen LogP contribution in [0.5, 0.6) is 0 Å². The summed E-state index contributed by atoms with van der Waals surface area (Å²) in [6.45, 7) is 14.7. The summed E-state index contributed by atoms with van der Waals surface area (Å²) in [6, 6.07) is 5.60. The lowest BCUT2D eigenvalue weighted by Gasteiger charge is -2.48. The molecule has 0 saturated carbocycles. The molecule has 3 rings (SSSR count). The van der Waals surface area contributed by atoms with E-state index in [9.17, 15) is 4.39 Å². The van der Waals surface area contributed by atoms with Crippen molar-refractivity contribution in [2.75, 3.05) is 37.6 Å². The number of piperidine rings is 1. The van der Waals surface area contributed by atoms with E-state index in [2.05, 4.69) is 30.6 Å². The topological polar surface area (TPSA) is 6.48 Å². The normalized spacial score (nSPS) is 21.5. The number of nitrogens with zero attached hydrogens (tertiary/aromatic N) is 2. The molecule has 2 heterocycles. The first-order chi connectivity index (χ1) is 10.8. The molecule has 1 aromatic rings. The second-order valence-electron chi connectivity index (χ2n) is 8.67. The van der Waals surface area contributed by atoms with Gasteiger partial charge in [0, 0.05) is 32.7 Å². The molecule has 128 valence electrons. The molecule has 2 fully saturated rings. The summed E-state index contributed by atoms with van der Waals surface area (Å²) in [5.74, 6) is 1.56. The average molecular weight is 318 g/mol. The SMILES string of the molecule is Cc1ccc(N2CCC(CN3CC(C(C)(C)C)C3)CC2)c(F)c1. The zero-order valence-electron chi connectivity index (χ0n) is 15.1. The summed E-state index contributed by atoms with van der Waals surface area (Å²) >= 11 is 0. The van der Waals surface area contributed by atoms with Gasteiger partial charge in [-0.2, -0.15) is 0 Å². The third-order valence-corrected chi connectivity index (χ3v) is 5.76. The molecule has 1 aromatic carbocycles. The molecule has 2 saturated heterocycles. The third-order valence-electron chi connectivity index (χ3n) is 5.76. The van der Waals surface area contributed by atoms with Crippen molar-refractivity contribution in [1.29, 1.82) is 0 Å². The lowest BCUT2D eigenvalue weighted by molar-refractivity contribution is 0.0115. The molecule has 0 bridgehead atoms. The van der Waals surface area contributed by atoms with Crippen molar-refractivity contribution >= 4 is 5.69 Å². The van der Waals surface area contributed by atoms with Crippen molar-refractivity contribution in [1.82, 2.24) is 4.90 Å². The molecule has 0 aromatic heterocycles. The highest BCUT2D eigenvalue weighted by molar-refractivity contribution is 5.49. The maximum Gasteiger partial charge on any atom is 0.146 e. The molecule has 0 aliphatic carbocycles. The molecular weight excluding hydrogens is 287 g/mol. The summed E-state index contributed by atoms with van der Waals surface area (Å²) in [7, 11) is 0. The Morgan fingerprint density at radius 3 is 2.35 bits per heavy atom. The van der Waals surface area contributed by atoms with Gasteiger partial charge in [-0.05, 0) is 54.7 Å². The number of benzene rings is 1. The van der Waals surface area contributed by atoms with E-state index in [1.807, 2.05) is 19.1 Å². The summed E-state index contributed by atoms with van der Waals surface area (Å²) in [5.41, 5.74) is 2.22. The standard InChI is InChI=1S/C20H31FN2/c1-15-5-6-19(18(21)11-15)23-9-7-16(8-10-23)12-22-13-17(14-22)20(2,3)4/h5-6,11,16-17H,7-10,12-14H2,1-4H3. The van der Waals surface area contributed by atoms with E-state index in [0.29, 0.717) is 5.41 Å². The van der Waals surface area contributed by atoms with Gasteiger partial charge in [-0.15, -0.1) is 0 Å². The Kier molecular flexibility index (Phi) is 4.68. The summed E-state index contributed by atoms with van der Waals surface area (Å²) in [5, 5.41) is 0. The molecule has 0 unspecified atom stereocenters. The lowest BCUT2D eigenvalue weighted by Crippen LogP contribution is -2.54. The Hall–Kier alpha value is -1.09. The van der Waals surface area contributed by atoms with E-state index in [1.165, 1.54) is 32.5 Å². The largest absolute Gasteiger partial charge is 0.369 e. The minimum Gasteiger partial charge on any atom is -0.369 e. The molecular formula is C20H31FN2. The first kappa shape index (κ1) is 16.8. The van der Waals surface area contributed by atoms with Crippen molar-refractivity contribution in [3.8, 4) is 0 Å². The van der Waals surface area contributed by atoms with Crippen LogP contribution >= 0.6 is 0 Å². The highest BCUT2D eigenvalue weighted by Crippen LogP contribution is 2.35. The lowest BCUT2D eigenvalue weighted by atomic mass is 9.75. The number of hydrogen-bond acceptors (Lipinski definition) is 2. The molecule has 0 atom stereocenters. The van der Waals surface area contributed by atoms with Crippen LogP contribution in [0.1, 0.15) is 39.2 Å². The Labute approximate surface area is 140 Å². The van der Waals surface area contributed by atoms with Crippen LogP contribution < -0.4 is 4.90 Å². The van der Waals surface area contributed by atoms with Crippen LogP contribution in [0, 0.1) is 30.0 Å². The molecule has 23 heavy (non-hydrogen) atoms. The van der Waals surface area contributed by atoms with Gasteiger partial charge in [0.2, 0.25) is 0 Å². The number of hydrogen-bond donors (Lipinski definition) is 0. The van der Waals surface area contributed by atoms with Crippen molar-refractivity contribution in [3.05, 3.63) is 29.6 Å². The minimum atomic E-state index is -0.0702. The van der Waals surface area contributed by atoms with Crippen molar-refractivity contribution in [2.45, 2.75) is 40.5 Å². The minimum absolute atomic E-state index is 0.0702. The quantitative estimate of drug-likeness (QED) is 0.818. The molecule has 0 amide bonds. The summed E-state index contributed by atoms with van der Waals surface area (Å²) in [6.07, 6.45) is 2.37. The second kappa shape index (κ2) is 6.43. The highest BCUT2D eigenvalue weighted by Gasteiger charge is 2.36. The molecule has 0 spiro atoms. The van der Waals surface area contributed by atoms with Crippen LogP contribution in [0.15, 0.2) is 18.2 Å². The monoisotopic (exact) mass is 318 g/mol. The van der Waals surface area contributed by atoms with Gasteiger partial charge in [-0.1, -0.05) is 26.8 Å². The maximum atomic E-state index is 14.1. The predicted octanol–water partition coefficient (Wildman–Crippen LogP) is 4.33. The third kappa shape index (κ3) is 3.88. The van der Waals surface area contributed by atoms with Crippen molar-refractivity contribution < 1.29 is 4.39 Å². The number of rotatable bonds is 3. The Balaban J connectivity index is 1.46. The smallest absolute Gasteiger partial charge is 0.146 e. The van der Waals surface area contributed by atoms with Gasteiger partial charge in [0.1, 0.15) is 5.82 Å². The number of anilines is 1. The van der Waals surface area contributed by atoms with Crippen molar-refractivity contribution in [3.63, 3.8) is 0 Å². The predicted molar refractivity (Wildman–Crippen MR) is 95.5 cm³/mol. The van der Waals surface area contributed by atoms with E-state index in [-0.39, 0.29) is 5.82 Å². The van der Waals surface area contributed by atoms with E-state index in [1.54, 1.807) is 6.07 Å². The molecule has 2 aliphatic rings. The van der Waals surface area contributed by atoms with Crippen LogP contribution in [0.25, 0.3) is 0 Å². The van der Waals surface area contributed by atoms with Crippen LogP contribution in [0.2, 0.25) is 0 Å². The van der Waals surface area contributed by atoms with E-state index in [0.717, 1.165) is 36.2 Å². The Morgan fingerprint density at radius 1 is 1.13 bits per heavy atom. The molecule has 2 nitrogen and oxygen atoms in total. The van der Waals surface area contributed by atoms with Gasteiger partial charge in [0.05, 0.1) is 5.69 Å². The van der Waals surface area contributed by atoms with E-state index < -0.39 is 0 Å². The van der Waals surface area contributed by atoms with Crippen LogP contribution in [0.3, 0.4) is 0 Å². The summed E-state index contributed by atoms with van der Waals surface area (Å²) in [4.78, 5) is 4.84. The van der Waals surface area contributed by atoms with Gasteiger partial charge in [-0.3, -0.25) is 0 Å². The molecule has 2 aliphatic heterocycles. The highest BCUT2D eigenvalue weighted by atomic mass is 19.1. The van der Waals surface area contributed by atoms with Gasteiger partial charge >= 0.3 is 0 Å². The molecule has 0 radical (unpaired) electrons. The zero-order chi connectivity index (χ0) is 16.6. The van der Waals surface area contributed by atoms with Crippen LogP contribution in [-0.4, -0.2) is 37.6 Å². The van der Waals surface area contributed by atoms with Gasteiger partial charge in [0.15, 0.2) is 0 Å². The van der Waals surface area contributed by atoms with E-state index >= 15 is 0 Å². The number of aryl methyl sites for hydroxylation is 1. The fraction of sp³-hybridized carbons (Fsp3) is 0.700. The second-order valence-corrected chi connectivity index (χ2v) is 8.67. The van der Waals surface area contributed by atoms with Crippen LogP contribution in [-0.2, 0) is 0 Å². The Bertz CT molecular complexity index is 535. The molecule has 0 N–H and O–H groups in total. The van der Waals surface area contributed by atoms with Gasteiger partial charge in [-0.25, -0.2) is 4.39 Å².